The number of benzene rings is 2. The first-order chi connectivity index (χ1) is 13.4. The van der Waals surface area contributed by atoms with E-state index in [1.807, 2.05) is 26.0 Å². The molecular weight excluding hydrogens is 379 g/mol. The van der Waals surface area contributed by atoms with Crippen LogP contribution >= 0.6 is 11.8 Å². The quantitative estimate of drug-likeness (QED) is 0.776. The van der Waals surface area contributed by atoms with Crippen molar-refractivity contribution in [3.63, 3.8) is 0 Å². The normalized spacial score (nSPS) is 15.4. The van der Waals surface area contributed by atoms with E-state index in [4.69, 9.17) is 0 Å². The van der Waals surface area contributed by atoms with Crippen molar-refractivity contribution >= 4 is 34.9 Å². The van der Waals surface area contributed by atoms with Gasteiger partial charge in [0.1, 0.15) is 5.82 Å². The van der Waals surface area contributed by atoms with Gasteiger partial charge in [0.05, 0.1) is 4.91 Å². The van der Waals surface area contributed by atoms with Crippen LogP contribution < -0.4 is 5.32 Å². The third kappa shape index (κ3) is 4.31. The molecule has 7 heteroatoms. The Morgan fingerprint density at radius 2 is 1.86 bits per heavy atom. The maximum atomic E-state index is 13.0. The van der Waals surface area contributed by atoms with E-state index in [1.165, 1.54) is 24.3 Å². The predicted molar refractivity (Wildman–Crippen MR) is 107 cm³/mol. The summed E-state index contributed by atoms with van der Waals surface area (Å²) in [6, 6.07) is 11.1. The van der Waals surface area contributed by atoms with Crippen molar-refractivity contribution in [3.05, 3.63) is 75.4 Å². The fraction of sp³-hybridized carbons (Fsp3) is 0.190. The van der Waals surface area contributed by atoms with Crippen LogP contribution in [0, 0.1) is 19.7 Å². The third-order valence-electron chi connectivity index (χ3n) is 4.51. The number of thioether (sulfide) groups is 1. The second-order valence-electron chi connectivity index (χ2n) is 6.39. The average Bonchev–Trinajstić information content (AvgIpc) is 2.93. The Morgan fingerprint density at radius 3 is 2.57 bits per heavy atom. The highest BCUT2D eigenvalue weighted by Crippen LogP contribution is 2.31. The van der Waals surface area contributed by atoms with Crippen LogP contribution in [0.2, 0.25) is 0 Å². The SMILES string of the molecule is Cc1cccc(C(=O)NCCN2C(=O)S/C(=C\c3ccc(F)cc3)C2=O)c1C. The molecule has 144 valence electrons. The van der Waals surface area contributed by atoms with Gasteiger partial charge in [-0.05, 0) is 66.6 Å². The van der Waals surface area contributed by atoms with Crippen molar-refractivity contribution < 1.29 is 18.8 Å². The Hall–Kier alpha value is -2.93. The third-order valence-corrected chi connectivity index (χ3v) is 5.42. The second kappa shape index (κ2) is 8.39. The summed E-state index contributed by atoms with van der Waals surface area (Å²) < 4.78 is 13.0. The minimum Gasteiger partial charge on any atom is -0.350 e. The van der Waals surface area contributed by atoms with E-state index in [-0.39, 0.29) is 35.0 Å². The van der Waals surface area contributed by atoms with E-state index < -0.39 is 5.91 Å². The largest absolute Gasteiger partial charge is 0.350 e. The lowest BCUT2D eigenvalue weighted by Gasteiger charge is -2.14. The van der Waals surface area contributed by atoms with E-state index in [0.29, 0.717) is 11.1 Å². The molecule has 0 atom stereocenters. The summed E-state index contributed by atoms with van der Waals surface area (Å²) in [5, 5.41) is 2.36. The number of carbonyl (C=O) groups excluding carboxylic acids is 3. The Morgan fingerprint density at radius 1 is 1.14 bits per heavy atom. The van der Waals surface area contributed by atoms with Crippen LogP contribution in [-0.2, 0) is 4.79 Å². The molecule has 1 saturated heterocycles. The van der Waals surface area contributed by atoms with Crippen molar-refractivity contribution in [1.29, 1.82) is 0 Å². The maximum Gasteiger partial charge on any atom is 0.293 e. The number of aryl methyl sites for hydroxylation is 1. The van der Waals surface area contributed by atoms with Gasteiger partial charge in [-0.15, -0.1) is 0 Å². The van der Waals surface area contributed by atoms with Gasteiger partial charge in [0.25, 0.3) is 17.1 Å². The van der Waals surface area contributed by atoms with Gasteiger partial charge >= 0.3 is 0 Å². The highest BCUT2D eigenvalue weighted by molar-refractivity contribution is 8.18. The minimum absolute atomic E-state index is 0.0853. The number of hydrogen-bond acceptors (Lipinski definition) is 4. The summed E-state index contributed by atoms with van der Waals surface area (Å²) in [6.07, 6.45) is 1.55. The summed E-state index contributed by atoms with van der Waals surface area (Å²) in [7, 11) is 0. The molecule has 0 saturated carbocycles. The number of nitrogens with zero attached hydrogens (tertiary/aromatic N) is 1. The lowest BCUT2D eigenvalue weighted by Crippen LogP contribution is -2.37. The highest BCUT2D eigenvalue weighted by Gasteiger charge is 2.34. The number of rotatable bonds is 5. The molecule has 2 aromatic rings. The number of imide groups is 1. The van der Waals surface area contributed by atoms with Gasteiger partial charge in [0.15, 0.2) is 0 Å². The topological polar surface area (TPSA) is 66.5 Å². The van der Waals surface area contributed by atoms with Crippen molar-refractivity contribution in [2.75, 3.05) is 13.1 Å². The van der Waals surface area contributed by atoms with Crippen LogP contribution in [0.1, 0.15) is 27.0 Å². The first kappa shape index (κ1) is 19.8. The molecule has 2 aromatic carbocycles. The summed E-state index contributed by atoms with van der Waals surface area (Å²) in [5.74, 6) is -1.03. The number of hydrogen-bond donors (Lipinski definition) is 1. The molecule has 1 heterocycles. The van der Waals surface area contributed by atoms with E-state index in [9.17, 15) is 18.8 Å². The van der Waals surface area contributed by atoms with Crippen molar-refractivity contribution in [3.8, 4) is 0 Å². The molecule has 0 radical (unpaired) electrons. The molecule has 1 N–H and O–H groups in total. The zero-order valence-electron chi connectivity index (χ0n) is 15.5. The zero-order chi connectivity index (χ0) is 20.3. The van der Waals surface area contributed by atoms with Crippen LogP contribution in [0.4, 0.5) is 9.18 Å². The average molecular weight is 398 g/mol. The molecule has 1 aliphatic heterocycles. The van der Waals surface area contributed by atoms with E-state index in [1.54, 1.807) is 12.1 Å². The Bertz CT molecular complexity index is 970. The smallest absolute Gasteiger partial charge is 0.293 e. The fourth-order valence-corrected chi connectivity index (χ4v) is 3.64. The second-order valence-corrected chi connectivity index (χ2v) is 7.38. The Kier molecular flexibility index (Phi) is 5.94. The number of halogens is 1. The van der Waals surface area contributed by atoms with Crippen LogP contribution in [0.15, 0.2) is 47.4 Å². The first-order valence-electron chi connectivity index (χ1n) is 8.72. The molecular formula is C21H19FN2O3S. The van der Waals surface area contributed by atoms with Crippen molar-refractivity contribution in [1.82, 2.24) is 10.2 Å². The summed E-state index contributed by atoms with van der Waals surface area (Å²) >= 11 is 0.833. The van der Waals surface area contributed by atoms with E-state index >= 15 is 0 Å². The predicted octanol–water partition coefficient (Wildman–Crippen LogP) is 3.91. The molecule has 0 aliphatic carbocycles. The molecule has 0 unspecified atom stereocenters. The maximum absolute atomic E-state index is 13.0. The molecule has 3 rings (SSSR count). The molecule has 5 nitrogen and oxygen atoms in total. The number of amides is 3. The molecule has 3 amide bonds. The van der Waals surface area contributed by atoms with Gasteiger partial charge < -0.3 is 5.32 Å². The summed E-state index contributed by atoms with van der Waals surface area (Å²) in [4.78, 5) is 38.3. The minimum atomic E-state index is -0.416. The van der Waals surface area contributed by atoms with Crippen molar-refractivity contribution in [2.45, 2.75) is 13.8 Å². The van der Waals surface area contributed by atoms with Crippen LogP contribution in [0.5, 0.6) is 0 Å². The molecule has 0 aromatic heterocycles. The van der Waals surface area contributed by atoms with E-state index in [0.717, 1.165) is 27.8 Å². The lowest BCUT2D eigenvalue weighted by molar-refractivity contribution is -0.122. The Balaban J connectivity index is 1.61. The molecule has 0 spiro atoms. The van der Waals surface area contributed by atoms with Crippen LogP contribution in [0.25, 0.3) is 6.08 Å². The lowest BCUT2D eigenvalue weighted by atomic mass is 10.0. The zero-order valence-corrected chi connectivity index (χ0v) is 16.3. The van der Waals surface area contributed by atoms with Crippen LogP contribution in [-0.4, -0.2) is 35.0 Å². The Labute approximate surface area is 166 Å². The van der Waals surface area contributed by atoms with E-state index in [2.05, 4.69) is 5.32 Å². The van der Waals surface area contributed by atoms with Gasteiger partial charge in [-0.1, -0.05) is 24.3 Å². The first-order valence-corrected chi connectivity index (χ1v) is 9.54. The van der Waals surface area contributed by atoms with Gasteiger partial charge in [-0.25, -0.2) is 4.39 Å². The summed E-state index contributed by atoms with van der Waals surface area (Å²) in [5.41, 5.74) is 3.12. The number of carbonyl (C=O) groups is 3. The molecule has 28 heavy (non-hydrogen) atoms. The highest BCUT2D eigenvalue weighted by atomic mass is 32.2. The van der Waals surface area contributed by atoms with Crippen LogP contribution in [0.3, 0.4) is 0 Å². The molecule has 0 bridgehead atoms. The standard InChI is InChI=1S/C21H19FN2O3S/c1-13-4-3-5-17(14(13)2)19(25)23-10-11-24-20(26)18(28-21(24)27)12-15-6-8-16(22)9-7-15/h3-9,12H,10-11H2,1-2H3,(H,23,25)/b18-12-. The molecule has 1 fully saturated rings. The van der Waals surface area contributed by atoms with Gasteiger partial charge in [-0.3, -0.25) is 19.3 Å². The fourth-order valence-electron chi connectivity index (χ4n) is 2.78. The summed E-state index contributed by atoms with van der Waals surface area (Å²) in [6.45, 7) is 4.05. The molecule has 1 aliphatic rings. The van der Waals surface area contributed by atoms with Gasteiger partial charge in [-0.2, -0.15) is 0 Å². The van der Waals surface area contributed by atoms with Crippen molar-refractivity contribution in [2.24, 2.45) is 0 Å². The number of nitrogens with one attached hydrogen (secondary N) is 1. The van der Waals surface area contributed by atoms with Gasteiger partial charge in [0, 0.05) is 18.7 Å². The monoisotopic (exact) mass is 398 g/mol. The van der Waals surface area contributed by atoms with Gasteiger partial charge in [0.2, 0.25) is 0 Å².